The van der Waals surface area contributed by atoms with Gasteiger partial charge < -0.3 is 0 Å². The number of rotatable bonds is 7. The number of unbranched alkanes of at least 4 members (excludes halogenated alkanes) is 2. The summed E-state index contributed by atoms with van der Waals surface area (Å²) >= 11 is 3.35. The van der Waals surface area contributed by atoms with Gasteiger partial charge in [0.2, 0.25) is 0 Å². The first-order valence-electron chi connectivity index (χ1n) is 6.26. The monoisotopic (exact) mass is 332 g/mol. The van der Waals surface area contributed by atoms with Crippen LogP contribution in [-0.4, -0.2) is 19.5 Å². The average molecular weight is 333 g/mol. The Kier molecular flexibility index (Phi) is 6.36. The summed E-state index contributed by atoms with van der Waals surface area (Å²) in [6.07, 6.45) is 2.77. The highest BCUT2D eigenvalue weighted by Crippen LogP contribution is 2.13. The topological polar surface area (TPSA) is 34.1 Å². The van der Waals surface area contributed by atoms with Crippen molar-refractivity contribution in [3.8, 4) is 0 Å². The Labute approximate surface area is 119 Å². The van der Waals surface area contributed by atoms with Crippen LogP contribution in [0.1, 0.15) is 36.0 Å². The third-order valence-corrected chi connectivity index (χ3v) is 5.00. The molecule has 0 fully saturated rings. The van der Waals surface area contributed by atoms with Gasteiger partial charge in [-0.15, -0.1) is 0 Å². The van der Waals surface area contributed by atoms with E-state index in [9.17, 15) is 8.42 Å². The van der Waals surface area contributed by atoms with Crippen LogP contribution in [0.25, 0.3) is 0 Å². The Morgan fingerprint density at radius 1 is 1.00 bits per heavy atom. The van der Waals surface area contributed by atoms with E-state index in [1.807, 2.05) is 26.0 Å². The van der Waals surface area contributed by atoms with Gasteiger partial charge in [-0.3, -0.25) is 0 Å². The number of sulfone groups is 1. The molecule has 18 heavy (non-hydrogen) atoms. The Hall–Kier alpha value is -0.350. The van der Waals surface area contributed by atoms with E-state index in [-0.39, 0.29) is 5.75 Å². The number of benzene rings is 1. The van der Waals surface area contributed by atoms with Crippen LogP contribution < -0.4 is 0 Å². The van der Waals surface area contributed by atoms with E-state index in [1.165, 1.54) is 0 Å². The third-order valence-electron chi connectivity index (χ3n) is 2.76. The van der Waals surface area contributed by atoms with Gasteiger partial charge in [-0.25, -0.2) is 8.42 Å². The lowest BCUT2D eigenvalue weighted by atomic mass is 10.1. The molecule has 0 aromatic heterocycles. The average Bonchev–Trinajstić information content (AvgIpc) is 2.22. The molecule has 0 saturated heterocycles. The van der Waals surface area contributed by atoms with Gasteiger partial charge in [0.25, 0.3) is 0 Å². The molecule has 0 atom stereocenters. The van der Waals surface area contributed by atoms with E-state index < -0.39 is 9.84 Å². The third kappa shape index (κ3) is 6.01. The van der Waals surface area contributed by atoms with Gasteiger partial charge in [0.1, 0.15) is 0 Å². The summed E-state index contributed by atoms with van der Waals surface area (Å²) in [4.78, 5) is 0. The predicted molar refractivity (Wildman–Crippen MR) is 81.1 cm³/mol. The van der Waals surface area contributed by atoms with Crippen LogP contribution in [0.4, 0.5) is 0 Å². The van der Waals surface area contributed by atoms with Crippen molar-refractivity contribution in [2.24, 2.45) is 0 Å². The highest BCUT2D eigenvalue weighted by Gasteiger charge is 2.12. The zero-order valence-electron chi connectivity index (χ0n) is 11.1. The summed E-state index contributed by atoms with van der Waals surface area (Å²) < 4.78 is 23.9. The smallest absolute Gasteiger partial charge is 0.154 e. The van der Waals surface area contributed by atoms with Crippen LogP contribution in [0.3, 0.4) is 0 Å². The van der Waals surface area contributed by atoms with Gasteiger partial charge in [-0.1, -0.05) is 51.7 Å². The van der Waals surface area contributed by atoms with Crippen molar-refractivity contribution >= 4 is 25.8 Å². The maximum atomic E-state index is 12.0. The molecule has 1 rings (SSSR count). The summed E-state index contributed by atoms with van der Waals surface area (Å²) in [7, 11) is -2.96. The van der Waals surface area contributed by atoms with Crippen molar-refractivity contribution in [2.45, 2.75) is 38.9 Å². The fraction of sp³-hybridized carbons (Fsp3) is 0.571. The Bertz CT molecular complexity index is 460. The van der Waals surface area contributed by atoms with Crippen molar-refractivity contribution in [2.75, 3.05) is 11.1 Å². The van der Waals surface area contributed by atoms with Gasteiger partial charge in [0.05, 0.1) is 11.5 Å². The van der Waals surface area contributed by atoms with Crippen molar-refractivity contribution < 1.29 is 8.42 Å². The van der Waals surface area contributed by atoms with Crippen LogP contribution in [0.15, 0.2) is 18.2 Å². The van der Waals surface area contributed by atoms with Crippen LogP contribution in [0, 0.1) is 13.8 Å². The molecular weight excluding hydrogens is 312 g/mol. The van der Waals surface area contributed by atoms with Crippen molar-refractivity contribution in [3.63, 3.8) is 0 Å². The molecule has 102 valence electrons. The molecule has 0 saturated carbocycles. The summed E-state index contributed by atoms with van der Waals surface area (Å²) in [5, 5.41) is 0.949. The fourth-order valence-electron chi connectivity index (χ4n) is 2.07. The number of hydrogen-bond donors (Lipinski definition) is 0. The van der Waals surface area contributed by atoms with Crippen LogP contribution in [0.2, 0.25) is 0 Å². The maximum absolute atomic E-state index is 12.0. The van der Waals surface area contributed by atoms with E-state index in [0.717, 1.165) is 41.3 Å². The lowest BCUT2D eigenvalue weighted by molar-refractivity contribution is 0.590. The van der Waals surface area contributed by atoms with Gasteiger partial charge in [0.15, 0.2) is 9.84 Å². The Morgan fingerprint density at radius 2 is 1.61 bits per heavy atom. The molecule has 0 bridgehead atoms. The highest BCUT2D eigenvalue weighted by atomic mass is 79.9. The van der Waals surface area contributed by atoms with Crippen molar-refractivity contribution in [1.29, 1.82) is 0 Å². The van der Waals surface area contributed by atoms with Gasteiger partial charge in [0, 0.05) is 5.33 Å². The van der Waals surface area contributed by atoms with Gasteiger partial charge in [-0.05, 0) is 32.3 Å². The molecule has 0 N–H and O–H groups in total. The number of halogens is 1. The second kappa shape index (κ2) is 7.29. The molecule has 0 heterocycles. The minimum Gasteiger partial charge on any atom is -0.228 e. The molecule has 0 aliphatic heterocycles. The number of hydrogen-bond acceptors (Lipinski definition) is 2. The van der Waals surface area contributed by atoms with E-state index in [1.54, 1.807) is 0 Å². The van der Waals surface area contributed by atoms with E-state index >= 15 is 0 Å². The molecule has 0 radical (unpaired) electrons. The second-order valence-corrected chi connectivity index (χ2v) is 7.81. The second-order valence-electron chi connectivity index (χ2n) is 4.84. The van der Waals surface area contributed by atoms with E-state index in [2.05, 4.69) is 22.0 Å². The quantitative estimate of drug-likeness (QED) is 0.562. The fourth-order valence-corrected chi connectivity index (χ4v) is 3.93. The van der Waals surface area contributed by atoms with Gasteiger partial charge >= 0.3 is 0 Å². The molecule has 0 aliphatic carbocycles. The summed E-state index contributed by atoms with van der Waals surface area (Å²) in [6.45, 7) is 4.00. The van der Waals surface area contributed by atoms with Gasteiger partial charge in [-0.2, -0.15) is 0 Å². The molecule has 4 heteroatoms. The molecule has 1 aromatic rings. The molecule has 0 aliphatic rings. The first kappa shape index (κ1) is 15.7. The largest absolute Gasteiger partial charge is 0.228 e. The van der Waals surface area contributed by atoms with E-state index in [4.69, 9.17) is 0 Å². The molecule has 0 unspecified atom stereocenters. The minimum atomic E-state index is -2.96. The van der Waals surface area contributed by atoms with E-state index in [0.29, 0.717) is 5.75 Å². The first-order valence-corrected chi connectivity index (χ1v) is 9.21. The number of aryl methyl sites for hydroxylation is 2. The Morgan fingerprint density at radius 3 is 2.17 bits per heavy atom. The van der Waals surface area contributed by atoms with Crippen LogP contribution in [0.5, 0.6) is 0 Å². The minimum absolute atomic E-state index is 0.170. The summed E-state index contributed by atoms with van der Waals surface area (Å²) in [5.74, 6) is 0.469. The predicted octanol–water partition coefficient (Wildman–Crippen LogP) is 3.78. The summed E-state index contributed by atoms with van der Waals surface area (Å²) in [6, 6.07) is 5.98. The normalized spacial score (nSPS) is 11.7. The van der Waals surface area contributed by atoms with Crippen molar-refractivity contribution in [1.82, 2.24) is 0 Å². The maximum Gasteiger partial charge on any atom is 0.154 e. The Balaban J connectivity index is 2.59. The molecule has 0 spiro atoms. The zero-order chi connectivity index (χ0) is 13.6. The lowest BCUT2D eigenvalue weighted by Gasteiger charge is -2.06. The molecule has 0 amide bonds. The molecule has 2 nitrogen and oxygen atoms in total. The van der Waals surface area contributed by atoms with Crippen LogP contribution >= 0.6 is 15.9 Å². The molecular formula is C14H21BrO2S. The number of alkyl halides is 1. The lowest BCUT2D eigenvalue weighted by Crippen LogP contribution is -2.09. The van der Waals surface area contributed by atoms with Crippen LogP contribution in [-0.2, 0) is 15.6 Å². The zero-order valence-corrected chi connectivity index (χ0v) is 13.5. The standard InChI is InChI=1S/C14H21BrO2S/c1-12-8-13(2)10-14(9-12)11-18(16,17)7-5-3-4-6-15/h8-10H,3-7,11H2,1-2H3. The molecule has 1 aromatic carbocycles. The SMILES string of the molecule is Cc1cc(C)cc(CS(=O)(=O)CCCCCBr)c1. The summed E-state index contributed by atoms with van der Waals surface area (Å²) in [5.41, 5.74) is 3.16. The highest BCUT2D eigenvalue weighted by molar-refractivity contribution is 9.09. The van der Waals surface area contributed by atoms with Crippen molar-refractivity contribution in [3.05, 3.63) is 34.9 Å². The first-order chi connectivity index (χ1) is 8.43.